The van der Waals surface area contributed by atoms with Gasteiger partial charge in [0, 0.05) is 32.1 Å². The fraction of sp³-hybridized carbons (Fsp3) is 0.417. The Morgan fingerprint density at radius 3 is 2.89 bits per heavy atom. The molecular weight excluding hydrogens is 236 g/mol. The van der Waals surface area contributed by atoms with E-state index < -0.39 is 4.92 Å². The Morgan fingerprint density at radius 2 is 2.28 bits per heavy atom. The molecule has 0 fully saturated rings. The van der Waals surface area contributed by atoms with Crippen LogP contribution in [0.3, 0.4) is 0 Å². The van der Waals surface area contributed by atoms with Crippen LogP contribution in [0.2, 0.25) is 0 Å². The Balaban J connectivity index is 2.41. The molecule has 1 N–H and O–H groups in total. The maximum Gasteiger partial charge on any atom is 0.302 e. The first kappa shape index (κ1) is 14.1. The van der Waals surface area contributed by atoms with Crippen LogP contribution in [0.1, 0.15) is 19.4 Å². The molecule has 0 aliphatic rings. The molecule has 1 aromatic rings. The highest BCUT2D eigenvalue weighted by Crippen LogP contribution is 2.12. The molecule has 0 bridgehead atoms. The minimum atomic E-state index is -0.426. The van der Waals surface area contributed by atoms with Crippen LogP contribution < -0.4 is 5.32 Å². The summed E-state index contributed by atoms with van der Waals surface area (Å²) >= 11 is 0. The number of nitro benzene ring substituents is 1. The van der Waals surface area contributed by atoms with Gasteiger partial charge in [-0.05, 0) is 12.5 Å². The number of carbonyl (C=O) groups is 1. The first-order chi connectivity index (χ1) is 8.49. The standard InChI is InChI=1S/C12H16N2O4/c1-9(18-10(2)15)7-13-8-11-4-3-5-12(6-11)14(16)17/h3-6,9,13H,7-8H2,1-2H3. The minimum Gasteiger partial charge on any atom is -0.462 e. The van der Waals surface area contributed by atoms with Gasteiger partial charge in [-0.3, -0.25) is 14.9 Å². The highest BCUT2D eigenvalue weighted by molar-refractivity contribution is 5.66. The molecule has 0 radical (unpaired) electrons. The van der Waals surface area contributed by atoms with Crippen molar-refractivity contribution in [3.63, 3.8) is 0 Å². The van der Waals surface area contributed by atoms with Crippen molar-refractivity contribution in [3.8, 4) is 0 Å². The van der Waals surface area contributed by atoms with Crippen molar-refractivity contribution in [2.24, 2.45) is 0 Å². The van der Waals surface area contributed by atoms with Crippen LogP contribution in [0.4, 0.5) is 5.69 Å². The van der Waals surface area contributed by atoms with Gasteiger partial charge < -0.3 is 10.1 Å². The molecule has 0 aliphatic heterocycles. The van der Waals surface area contributed by atoms with E-state index in [9.17, 15) is 14.9 Å². The Kier molecular flexibility index (Phi) is 5.26. The van der Waals surface area contributed by atoms with E-state index in [2.05, 4.69) is 5.32 Å². The Hall–Kier alpha value is -1.95. The second-order valence-corrected chi connectivity index (χ2v) is 3.98. The monoisotopic (exact) mass is 252 g/mol. The van der Waals surface area contributed by atoms with Crippen LogP contribution >= 0.6 is 0 Å². The van der Waals surface area contributed by atoms with Gasteiger partial charge in [-0.2, -0.15) is 0 Å². The number of ether oxygens (including phenoxy) is 1. The minimum absolute atomic E-state index is 0.0716. The van der Waals surface area contributed by atoms with Gasteiger partial charge in [0.1, 0.15) is 6.10 Å². The lowest BCUT2D eigenvalue weighted by atomic mass is 10.2. The van der Waals surface area contributed by atoms with Crippen molar-refractivity contribution in [3.05, 3.63) is 39.9 Å². The second kappa shape index (κ2) is 6.70. The summed E-state index contributed by atoms with van der Waals surface area (Å²) in [4.78, 5) is 20.8. The highest BCUT2D eigenvalue weighted by Gasteiger charge is 2.07. The first-order valence-corrected chi connectivity index (χ1v) is 5.60. The van der Waals surface area contributed by atoms with Gasteiger partial charge in [0.2, 0.25) is 0 Å². The molecule has 0 spiro atoms. The van der Waals surface area contributed by atoms with Crippen LogP contribution in [-0.2, 0) is 16.1 Å². The topological polar surface area (TPSA) is 81.5 Å². The van der Waals surface area contributed by atoms with Gasteiger partial charge in [0.05, 0.1) is 4.92 Å². The molecule has 0 aromatic heterocycles. The van der Waals surface area contributed by atoms with Crippen LogP contribution in [0, 0.1) is 10.1 Å². The number of carbonyl (C=O) groups excluding carboxylic acids is 1. The Morgan fingerprint density at radius 1 is 1.56 bits per heavy atom. The summed E-state index contributed by atoms with van der Waals surface area (Å²) in [5.41, 5.74) is 0.890. The van der Waals surface area contributed by atoms with Crippen LogP contribution in [0.5, 0.6) is 0 Å². The molecule has 0 heterocycles. The van der Waals surface area contributed by atoms with E-state index in [1.165, 1.54) is 19.1 Å². The zero-order valence-electron chi connectivity index (χ0n) is 10.4. The number of nitrogens with one attached hydrogen (secondary N) is 1. The molecular formula is C12H16N2O4. The van der Waals surface area contributed by atoms with Crippen molar-refractivity contribution in [1.29, 1.82) is 0 Å². The number of hydrogen-bond acceptors (Lipinski definition) is 5. The summed E-state index contributed by atoms with van der Waals surface area (Å²) in [6.45, 7) is 4.13. The molecule has 98 valence electrons. The quantitative estimate of drug-likeness (QED) is 0.473. The summed E-state index contributed by atoms with van der Waals surface area (Å²) < 4.78 is 4.94. The molecule has 1 unspecified atom stereocenters. The van der Waals surface area contributed by atoms with E-state index in [1.807, 2.05) is 0 Å². The van der Waals surface area contributed by atoms with E-state index in [4.69, 9.17) is 4.74 Å². The predicted octanol–water partition coefficient (Wildman–Crippen LogP) is 1.64. The first-order valence-electron chi connectivity index (χ1n) is 5.60. The smallest absolute Gasteiger partial charge is 0.302 e. The van der Waals surface area contributed by atoms with Crippen LogP contribution in [-0.4, -0.2) is 23.5 Å². The van der Waals surface area contributed by atoms with Crippen molar-refractivity contribution in [2.45, 2.75) is 26.5 Å². The molecule has 0 aliphatic carbocycles. The third-order valence-corrected chi connectivity index (χ3v) is 2.25. The summed E-state index contributed by atoms with van der Waals surface area (Å²) in [7, 11) is 0. The van der Waals surface area contributed by atoms with Crippen LogP contribution in [0.25, 0.3) is 0 Å². The van der Waals surface area contributed by atoms with E-state index in [0.29, 0.717) is 13.1 Å². The molecule has 0 amide bonds. The van der Waals surface area contributed by atoms with Crippen molar-refractivity contribution < 1.29 is 14.5 Å². The number of nitrogens with zero attached hydrogens (tertiary/aromatic N) is 1. The Bertz CT molecular complexity index is 434. The largest absolute Gasteiger partial charge is 0.462 e. The number of nitro groups is 1. The number of non-ortho nitro benzene ring substituents is 1. The summed E-state index contributed by atoms with van der Waals surface area (Å²) in [6.07, 6.45) is -0.221. The lowest BCUT2D eigenvalue weighted by Gasteiger charge is -2.12. The normalized spacial score (nSPS) is 11.9. The van der Waals surface area contributed by atoms with E-state index >= 15 is 0 Å². The second-order valence-electron chi connectivity index (χ2n) is 3.98. The lowest BCUT2D eigenvalue weighted by molar-refractivity contribution is -0.384. The number of hydrogen-bond donors (Lipinski definition) is 1. The summed E-state index contributed by atoms with van der Waals surface area (Å²) in [5, 5.41) is 13.7. The molecule has 0 saturated carbocycles. The zero-order valence-corrected chi connectivity index (χ0v) is 10.4. The van der Waals surface area contributed by atoms with Crippen molar-refractivity contribution in [2.75, 3.05) is 6.54 Å². The number of rotatable bonds is 6. The van der Waals surface area contributed by atoms with E-state index in [1.54, 1.807) is 19.1 Å². The van der Waals surface area contributed by atoms with E-state index in [-0.39, 0.29) is 17.8 Å². The molecule has 6 heteroatoms. The van der Waals surface area contributed by atoms with Gasteiger partial charge in [-0.25, -0.2) is 0 Å². The lowest BCUT2D eigenvalue weighted by Crippen LogP contribution is -2.27. The Labute approximate surface area is 105 Å². The maximum atomic E-state index is 10.7. The molecule has 1 atom stereocenters. The fourth-order valence-electron chi connectivity index (χ4n) is 1.52. The molecule has 6 nitrogen and oxygen atoms in total. The van der Waals surface area contributed by atoms with Gasteiger partial charge in [-0.15, -0.1) is 0 Å². The molecule has 1 aromatic carbocycles. The molecule has 18 heavy (non-hydrogen) atoms. The third-order valence-electron chi connectivity index (χ3n) is 2.25. The molecule has 0 saturated heterocycles. The number of benzene rings is 1. The SMILES string of the molecule is CC(=O)OC(C)CNCc1cccc([N+](=O)[O-])c1. The fourth-order valence-corrected chi connectivity index (χ4v) is 1.52. The highest BCUT2D eigenvalue weighted by atomic mass is 16.6. The van der Waals surface area contributed by atoms with Crippen molar-refractivity contribution >= 4 is 11.7 Å². The van der Waals surface area contributed by atoms with E-state index in [0.717, 1.165) is 5.56 Å². The summed E-state index contributed by atoms with van der Waals surface area (Å²) in [6, 6.07) is 6.41. The van der Waals surface area contributed by atoms with Crippen molar-refractivity contribution in [1.82, 2.24) is 5.32 Å². The van der Waals surface area contributed by atoms with Gasteiger partial charge in [0.25, 0.3) is 5.69 Å². The third kappa shape index (κ3) is 4.92. The van der Waals surface area contributed by atoms with Gasteiger partial charge >= 0.3 is 5.97 Å². The average molecular weight is 252 g/mol. The van der Waals surface area contributed by atoms with Gasteiger partial charge in [-0.1, -0.05) is 12.1 Å². The average Bonchev–Trinajstić information content (AvgIpc) is 2.28. The number of esters is 1. The maximum absolute atomic E-state index is 10.7. The molecule has 1 rings (SSSR count). The van der Waals surface area contributed by atoms with Crippen LogP contribution in [0.15, 0.2) is 24.3 Å². The zero-order chi connectivity index (χ0) is 13.5. The summed E-state index contributed by atoms with van der Waals surface area (Å²) in [5.74, 6) is -0.320. The van der Waals surface area contributed by atoms with Gasteiger partial charge in [0.15, 0.2) is 0 Å². The predicted molar refractivity (Wildman–Crippen MR) is 66.0 cm³/mol.